The monoisotopic (exact) mass is 442 g/mol. The molecule has 1 fully saturated rings. The fourth-order valence-corrected chi connectivity index (χ4v) is 2.84. The molecule has 2 rings (SSSR count). The molecule has 1 saturated heterocycles. The highest BCUT2D eigenvalue weighted by Gasteiger charge is 2.53. The fraction of sp³-hybridized carbons (Fsp3) is 0.526. The van der Waals surface area contributed by atoms with E-state index in [4.69, 9.17) is 32.8 Å². The van der Waals surface area contributed by atoms with Crippen LogP contribution >= 0.6 is 0 Å². The molecule has 0 aliphatic carbocycles. The number of carbonyl (C=O) groups excluding carboxylic acids is 4. The molecule has 12 heteroatoms. The van der Waals surface area contributed by atoms with E-state index in [0.29, 0.717) is 0 Å². The first-order valence-corrected chi connectivity index (χ1v) is 9.12. The van der Waals surface area contributed by atoms with Crippen LogP contribution in [0.4, 0.5) is 0 Å². The van der Waals surface area contributed by atoms with Crippen molar-refractivity contribution in [1.82, 2.24) is 0 Å². The third kappa shape index (κ3) is 6.81. The minimum atomic E-state index is -1.51. The number of ether oxygens (including phenoxy) is 6. The van der Waals surface area contributed by atoms with Crippen molar-refractivity contribution in [2.24, 2.45) is 0 Å². The molecular formula is C19H22O12. The van der Waals surface area contributed by atoms with Gasteiger partial charge >= 0.3 is 23.9 Å². The number of hydrogen-bond donors (Lipinski definition) is 0. The zero-order chi connectivity index (χ0) is 23.1. The van der Waals surface area contributed by atoms with E-state index in [1.54, 1.807) is 0 Å². The van der Waals surface area contributed by atoms with Gasteiger partial charge in [0, 0.05) is 33.8 Å². The smallest absolute Gasteiger partial charge is 0.303 e. The first-order chi connectivity index (χ1) is 14.6. The summed E-state index contributed by atoms with van der Waals surface area (Å²) in [4.78, 5) is 58.4. The zero-order valence-electron chi connectivity index (χ0n) is 17.2. The van der Waals surface area contributed by atoms with E-state index in [1.165, 1.54) is 0 Å². The molecule has 0 aromatic carbocycles. The zero-order valence-corrected chi connectivity index (χ0v) is 17.2. The van der Waals surface area contributed by atoms with Crippen LogP contribution in [0.15, 0.2) is 27.8 Å². The van der Waals surface area contributed by atoms with Crippen molar-refractivity contribution in [3.8, 4) is 5.75 Å². The molecule has 0 radical (unpaired) electrons. The van der Waals surface area contributed by atoms with Crippen LogP contribution in [-0.4, -0.2) is 61.2 Å². The Kier molecular flexibility index (Phi) is 8.14. The number of carbonyl (C=O) groups is 4. The Morgan fingerprint density at radius 1 is 0.871 bits per heavy atom. The largest absolute Gasteiger partial charge is 0.468 e. The highest BCUT2D eigenvalue weighted by Crippen LogP contribution is 2.30. The number of esters is 4. The van der Waals surface area contributed by atoms with Gasteiger partial charge in [-0.15, -0.1) is 0 Å². The molecule has 1 aromatic heterocycles. The fourth-order valence-electron chi connectivity index (χ4n) is 2.84. The standard InChI is InChI=1S/C19H22O12/c1-9(20)26-8-15-16(27-10(2)21)17(28-11(3)22)18(29-12(4)23)19(31-15)30-14-7-25-6-5-13(14)24/h5-7,15-19H,8H2,1-4H3/t15-,16-,17+,18-,19-/m1/s1. The van der Waals surface area contributed by atoms with Gasteiger partial charge in [-0.1, -0.05) is 0 Å². The summed E-state index contributed by atoms with van der Waals surface area (Å²) in [6.07, 6.45) is -4.74. The lowest BCUT2D eigenvalue weighted by atomic mass is 9.98. The van der Waals surface area contributed by atoms with E-state index in [9.17, 15) is 24.0 Å². The topological polar surface area (TPSA) is 154 Å². The SMILES string of the molecule is CC(=O)OC[C@H]1O[C@@H](Oc2coccc2=O)[C@H](OC(C)=O)[C@@H](OC(C)=O)[C@@H]1OC(C)=O. The van der Waals surface area contributed by atoms with Gasteiger partial charge in [0.05, 0.1) is 6.26 Å². The van der Waals surface area contributed by atoms with Crippen LogP contribution in [-0.2, 0) is 42.9 Å². The first-order valence-electron chi connectivity index (χ1n) is 9.12. The Balaban J connectivity index is 2.47. The summed E-state index contributed by atoms with van der Waals surface area (Å²) in [7, 11) is 0. The molecule has 0 saturated carbocycles. The van der Waals surface area contributed by atoms with Crippen LogP contribution in [0, 0.1) is 0 Å². The average Bonchev–Trinajstić information content (AvgIpc) is 2.65. The van der Waals surface area contributed by atoms with Gasteiger partial charge in [-0.25, -0.2) is 0 Å². The molecule has 170 valence electrons. The van der Waals surface area contributed by atoms with E-state index in [0.717, 1.165) is 46.3 Å². The van der Waals surface area contributed by atoms with Crippen molar-refractivity contribution >= 4 is 23.9 Å². The van der Waals surface area contributed by atoms with Crippen LogP contribution in [0.5, 0.6) is 5.75 Å². The van der Waals surface area contributed by atoms with Gasteiger partial charge in [0.1, 0.15) is 19.0 Å². The summed E-state index contributed by atoms with van der Waals surface area (Å²) in [6, 6.07) is 1.08. The maximum absolute atomic E-state index is 12.0. The Bertz CT molecular complexity index is 875. The average molecular weight is 442 g/mol. The molecule has 0 unspecified atom stereocenters. The van der Waals surface area contributed by atoms with Crippen LogP contribution in [0.2, 0.25) is 0 Å². The molecule has 1 aliphatic rings. The first kappa shape index (κ1) is 23.9. The minimum Gasteiger partial charge on any atom is -0.468 e. The second-order valence-electron chi connectivity index (χ2n) is 6.47. The van der Waals surface area contributed by atoms with E-state index in [-0.39, 0.29) is 5.75 Å². The van der Waals surface area contributed by atoms with Gasteiger partial charge < -0.3 is 32.8 Å². The molecule has 0 spiro atoms. The summed E-state index contributed by atoms with van der Waals surface area (Å²) in [5.74, 6) is -3.28. The van der Waals surface area contributed by atoms with E-state index in [1.807, 2.05) is 0 Å². The van der Waals surface area contributed by atoms with Gasteiger partial charge in [0.2, 0.25) is 23.6 Å². The minimum absolute atomic E-state index is 0.289. The molecule has 1 aromatic rings. The molecule has 2 heterocycles. The number of rotatable bonds is 7. The third-order valence-corrected chi connectivity index (χ3v) is 3.91. The summed E-state index contributed by atoms with van der Waals surface area (Å²) in [5, 5.41) is 0. The van der Waals surface area contributed by atoms with Gasteiger partial charge in [-0.05, 0) is 0 Å². The second kappa shape index (κ2) is 10.6. The van der Waals surface area contributed by atoms with Crippen molar-refractivity contribution in [2.45, 2.75) is 58.4 Å². The van der Waals surface area contributed by atoms with Gasteiger partial charge in [0.25, 0.3) is 0 Å². The molecule has 1 aliphatic heterocycles. The van der Waals surface area contributed by atoms with Crippen molar-refractivity contribution in [2.75, 3.05) is 6.61 Å². The predicted molar refractivity (Wildman–Crippen MR) is 97.6 cm³/mol. The van der Waals surface area contributed by atoms with Crippen molar-refractivity contribution < 1.29 is 52.0 Å². The van der Waals surface area contributed by atoms with Gasteiger partial charge in [-0.3, -0.25) is 24.0 Å². The summed E-state index contributed by atoms with van der Waals surface area (Å²) >= 11 is 0. The molecule has 0 bridgehead atoms. The lowest BCUT2D eigenvalue weighted by Crippen LogP contribution is -2.63. The van der Waals surface area contributed by atoms with E-state index >= 15 is 0 Å². The lowest BCUT2D eigenvalue weighted by molar-refractivity contribution is -0.288. The van der Waals surface area contributed by atoms with Crippen LogP contribution in [0.1, 0.15) is 27.7 Å². The third-order valence-electron chi connectivity index (χ3n) is 3.91. The van der Waals surface area contributed by atoms with Gasteiger partial charge in [0.15, 0.2) is 12.2 Å². The highest BCUT2D eigenvalue weighted by molar-refractivity contribution is 5.68. The molecule has 5 atom stereocenters. The van der Waals surface area contributed by atoms with E-state index < -0.39 is 66.6 Å². The van der Waals surface area contributed by atoms with Crippen molar-refractivity contribution in [3.63, 3.8) is 0 Å². The van der Waals surface area contributed by atoms with Crippen molar-refractivity contribution in [1.29, 1.82) is 0 Å². The Morgan fingerprint density at radius 3 is 2.00 bits per heavy atom. The highest BCUT2D eigenvalue weighted by atomic mass is 16.7. The Morgan fingerprint density at radius 2 is 1.45 bits per heavy atom. The molecule has 12 nitrogen and oxygen atoms in total. The van der Waals surface area contributed by atoms with Gasteiger partial charge in [-0.2, -0.15) is 0 Å². The Hall–Kier alpha value is -3.41. The predicted octanol–water partition coefficient (Wildman–Crippen LogP) is 0.102. The quantitative estimate of drug-likeness (QED) is 0.415. The normalized spacial score (nSPS) is 25.1. The van der Waals surface area contributed by atoms with Crippen LogP contribution in [0.3, 0.4) is 0 Å². The maximum atomic E-state index is 12.0. The number of hydrogen-bond acceptors (Lipinski definition) is 12. The lowest BCUT2D eigenvalue weighted by Gasteiger charge is -2.43. The summed E-state index contributed by atoms with van der Waals surface area (Å²) in [5.41, 5.74) is -0.570. The van der Waals surface area contributed by atoms with Crippen LogP contribution in [0.25, 0.3) is 0 Å². The van der Waals surface area contributed by atoms with E-state index in [2.05, 4.69) is 0 Å². The molecular weight excluding hydrogens is 420 g/mol. The molecule has 31 heavy (non-hydrogen) atoms. The summed E-state index contributed by atoms with van der Waals surface area (Å²) < 4.78 is 36.8. The second-order valence-corrected chi connectivity index (χ2v) is 6.47. The maximum Gasteiger partial charge on any atom is 0.303 e. The van der Waals surface area contributed by atoms with Crippen molar-refractivity contribution in [3.05, 3.63) is 28.8 Å². The molecule has 0 N–H and O–H groups in total. The summed E-state index contributed by atoms with van der Waals surface area (Å²) in [6.45, 7) is 4.02. The Labute approximate surface area is 176 Å². The molecule has 0 amide bonds. The van der Waals surface area contributed by atoms with Crippen LogP contribution < -0.4 is 10.2 Å².